The van der Waals surface area contributed by atoms with Crippen LogP contribution in [0.2, 0.25) is 5.02 Å². The summed E-state index contributed by atoms with van der Waals surface area (Å²) in [5, 5.41) is 0.799. The molecule has 2 nitrogen and oxygen atoms in total. The highest BCUT2D eigenvalue weighted by Gasteiger charge is 2.11. The highest BCUT2D eigenvalue weighted by Crippen LogP contribution is 2.26. The molecule has 0 bridgehead atoms. The van der Waals surface area contributed by atoms with Crippen molar-refractivity contribution in [2.24, 2.45) is 5.73 Å². The standard InChI is InChI=1S/C16H19ClN2/c1-12(18)14-8-4-6-10-16(14)19(2)11-13-7-3-5-9-15(13)17/h3-10,12H,11,18H2,1-2H3/t12-/m1/s1. The van der Waals surface area contributed by atoms with E-state index in [-0.39, 0.29) is 6.04 Å². The van der Waals surface area contributed by atoms with Gasteiger partial charge in [0.25, 0.3) is 0 Å². The molecule has 0 aliphatic heterocycles. The van der Waals surface area contributed by atoms with Gasteiger partial charge in [-0.25, -0.2) is 0 Å². The Hall–Kier alpha value is -1.51. The first-order chi connectivity index (χ1) is 9.09. The summed E-state index contributed by atoms with van der Waals surface area (Å²) in [5.74, 6) is 0. The Bertz CT molecular complexity index is 552. The summed E-state index contributed by atoms with van der Waals surface area (Å²) >= 11 is 6.21. The van der Waals surface area contributed by atoms with Crippen LogP contribution < -0.4 is 10.6 Å². The minimum absolute atomic E-state index is 0.0184. The Balaban J connectivity index is 2.26. The number of para-hydroxylation sites is 1. The normalized spacial score (nSPS) is 12.2. The number of hydrogen-bond acceptors (Lipinski definition) is 2. The molecule has 0 aliphatic carbocycles. The van der Waals surface area contributed by atoms with Gasteiger partial charge in [0, 0.05) is 30.3 Å². The summed E-state index contributed by atoms with van der Waals surface area (Å²) in [6, 6.07) is 16.2. The van der Waals surface area contributed by atoms with E-state index in [1.165, 1.54) is 0 Å². The minimum atomic E-state index is 0.0184. The van der Waals surface area contributed by atoms with Gasteiger partial charge in [0.1, 0.15) is 0 Å². The van der Waals surface area contributed by atoms with Crippen LogP contribution in [0.15, 0.2) is 48.5 Å². The second-order valence-corrected chi connectivity index (χ2v) is 5.20. The smallest absolute Gasteiger partial charge is 0.0455 e. The second kappa shape index (κ2) is 6.09. The van der Waals surface area contributed by atoms with Crippen molar-refractivity contribution in [3.8, 4) is 0 Å². The molecule has 2 aromatic carbocycles. The number of benzene rings is 2. The molecule has 0 amide bonds. The molecule has 100 valence electrons. The van der Waals surface area contributed by atoms with Gasteiger partial charge in [-0.1, -0.05) is 48.0 Å². The highest BCUT2D eigenvalue weighted by molar-refractivity contribution is 6.31. The first kappa shape index (κ1) is 13.9. The Morgan fingerprint density at radius 3 is 2.42 bits per heavy atom. The molecule has 19 heavy (non-hydrogen) atoms. The predicted molar refractivity (Wildman–Crippen MR) is 82.6 cm³/mol. The quantitative estimate of drug-likeness (QED) is 0.913. The van der Waals surface area contributed by atoms with Crippen molar-refractivity contribution < 1.29 is 0 Å². The fourth-order valence-corrected chi connectivity index (χ4v) is 2.38. The van der Waals surface area contributed by atoms with Gasteiger partial charge < -0.3 is 10.6 Å². The maximum absolute atomic E-state index is 6.21. The predicted octanol–water partition coefficient (Wildman–Crippen LogP) is 4.00. The third-order valence-electron chi connectivity index (χ3n) is 3.20. The zero-order valence-electron chi connectivity index (χ0n) is 11.3. The van der Waals surface area contributed by atoms with Gasteiger partial charge in [-0.15, -0.1) is 0 Å². The molecule has 0 saturated carbocycles. The van der Waals surface area contributed by atoms with Crippen molar-refractivity contribution in [3.05, 3.63) is 64.7 Å². The summed E-state index contributed by atoms with van der Waals surface area (Å²) < 4.78 is 0. The lowest BCUT2D eigenvalue weighted by Gasteiger charge is -2.24. The van der Waals surface area contributed by atoms with Crippen molar-refractivity contribution in [3.63, 3.8) is 0 Å². The fourth-order valence-electron chi connectivity index (χ4n) is 2.19. The van der Waals surface area contributed by atoms with Crippen LogP contribution in [-0.2, 0) is 6.54 Å². The molecule has 2 N–H and O–H groups in total. The largest absolute Gasteiger partial charge is 0.370 e. The van der Waals surface area contributed by atoms with Crippen LogP contribution in [0.3, 0.4) is 0 Å². The van der Waals surface area contributed by atoms with Gasteiger partial charge >= 0.3 is 0 Å². The summed E-state index contributed by atoms with van der Waals surface area (Å²) in [5.41, 5.74) is 9.44. The molecule has 1 atom stereocenters. The zero-order valence-corrected chi connectivity index (χ0v) is 12.1. The summed E-state index contributed by atoms with van der Waals surface area (Å²) in [6.45, 7) is 2.77. The number of nitrogens with zero attached hydrogens (tertiary/aromatic N) is 1. The van der Waals surface area contributed by atoms with Gasteiger partial charge in [-0.05, 0) is 30.2 Å². The Kier molecular flexibility index (Phi) is 4.46. The minimum Gasteiger partial charge on any atom is -0.370 e. The third kappa shape index (κ3) is 3.28. The van der Waals surface area contributed by atoms with E-state index in [1.54, 1.807) is 0 Å². The van der Waals surface area contributed by atoms with Crippen molar-refractivity contribution in [1.29, 1.82) is 0 Å². The number of hydrogen-bond donors (Lipinski definition) is 1. The van der Waals surface area contributed by atoms with E-state index in [0.717, 1.165) is 28.4 Å². The monoisotopic (exact) mass is 274 g/mol. The lowest BCUT2D eigenvalue weighted by Crippen LogP contribution is -2.20. The molecular formula is C16H19ClN2. The molecule has 0 heterocycles. The average molecular weight is 275 g/mol. The van der Waals surface area contributed by atoms with Crippen molar-refractivity contribution >= 4 is 17.3 Å². The molecule has 0 aromatic heterocycles. The Labute approximate surface area is 119 Å². The number of anilines is 1. The first-order valence-electron chi connectivity index (χ1n) is 6.38. The molecule has 0 aliphatic rings. The third-order valence-corrected chi connectivity index (χ3v) is 3.57. The van der Waals surface area contributed by atoms with Crippen molar-refractivity contribution in [1.82, 2.24) is 0 Å². The lowest BCUT2D eigenvalue weighted by atomic mass is 10.1. The van der Waals surface area contributed by atoms with Crippen LogP contribution in [-0.4, -0.2) is 7.05 Å². The molecule has 0 unspecified atom stereocenters. The summed E-state index contributed by atoms with van der Waals surface area (Å²) in [6.07, 6.45) is 0. The highest BCUT2D eigenvalue weighted by atomic mass is 35.5. The van der Waals surface area contributed by atoms with Crippen molar-refractivity contribution in [2.75, 3.05) is 11.9 Å². The molecule has 0 radical (unpaired) electrons. The average Bonchev–Trinajstić information content (AvgIpc) is 2.41. The van der Waals surface area contributed by atoms with E-state index in [4.69, 9.17) is 17.3 Å². The molecular weight excluding hydrogens is 256 g/mol. The van der Waals surface area contributed by atoms with Gasteiger partial charge in [0.15, 0.2) is 0 Å². The number of rotatable bonds is 4. The van der Waals surface area contributed by atoms with E-state index in [9.17, 15) is 0 Å². The SMILES string of the molecule is C[C@@H](N)c1ccccc1N(C)Cc1ccccc1Cl. The topological polar surface area (TPSA) is 29.3 Å². The van der Waals surface area contributed by atoms with Gasteiger partial charge in [0.2, 0.25) is 0 Å². The van der Waals surface area contributed by atoms with Crippen LogP contribution in [0.5, 0.6) is 0 Å². The van der Waals surface area contributed by atoms with E-state index >= 15 is 0 Å². The van der Waals surface area contributed by atoms with Crippen LogP contribution in [0.25, 0.3) is 0 Å². The van der Waals surface area contributed by atoms with E-state index < -0.39 is 0 Å². The number of halogens is 1. The van der Waals surface area contributed by atoms with Crippen LogP contribution in [0.1, 0.15) is 24.1 Å². The van der Waals surface area contributed by atoms with Crippen LogP contribution >= 0.6 is 11.6 Å². The van der Waals surface area contributed by atoms with Gasteiger partial charge in [-0.3, -0.25) is 0 Å². The molecule has 3 heteroatoms. The van der Waals surface area contributed by atoms with E-state index in [2.05, 4.69) is 24.1 Å². The van der Waals surface area contributed by atoms with Gasteiger partial charge in [-0.2, -0.15) is 0 Å². The Morgan fingerprint density at radius 2 is 1.74 bits per heavy atom. The van der Waals surface area contributed by atoms with Crippen molar-refractivity contribution in [2.45, 2.75) is 19.5 Å². The van der Waals surface area contributed by atoms with Gasteiger partial charge in [0.05, 0.1) is 0 Å². The van der Waals surface area contributed by atoms with Crippen LogP contribution in [0.4, 0.5) is 5.69 Å². The molecule has 0 fully saturated rings. The zero-order chi connectivity index (χ0) is 13.8. The molecule has 2 rings (SSSR count). The Morgan fingerprint density at radius 1 is 1.11 bits per heavy atom. The number of nitrogens with two attached hydrogens (primary N) is 1. The molecule has 0 saturated heterocycles. The first-order valence-corrected chi connectivity index (χ1v) is 6.76. The van der Waals surface area contributed by atoms with E-state index in [0.29, 0.717) is 0 Å². The van der Waals surface area contributed by atoms with Crippen LogP contribution in [0, 0.1) is 0 Å². The molecule has 0 spiro atoms. The fraction of sp³-hybridized carbons (Fsp3) is 0.250. The summed E-state index contributed by atoms with van der Waals surface area (Å²) in [7, 11) is 2.06. The van der Waals surface area contributed by atoms with E-state index in [1.807, 2.05) is 43.3 Å². The second-order valence-electron chi connectivity index (χ2n) is 4.79. The molecule has 2 aromatic rings. The maximum Gasteiger partial charge on any atom is 0.0455 e. The maximum atomic E-state index is 6.21. The lowest BCUT2D eigenvalue weighted by molar-refractivity contribution is 0.801. The summed E-state index contributed by atoms with van der Waals surface area (Å²) in [4.78, 5) is 2.18.